The predicted molar refractivity (Wildman–Crippen MR) is 111 cm³/mol. The third-order valence-corrected chi connectivity index (χ3v) is 5.47. The zero-order valence-corrected chi connectivity index (χ0v) is 17.0. The molecule has 1 fully saturated rings. The van der Waals surface area contributed by atoms with E-state index in [1.807, 2.05) is 42.5 Å². The number of benzene rings is 2. The smallest absolute Gasteiger partial charge is 0.321 e. The van der Waals surface area contributed by atoms with E-state index >= 15 is 0 Å². The van der Waals surface area contributed by atoms with E-state index < -0.39 is 0 Å². The van der Waals surface area contributed by atoms with Crippen LogP contribution in [0.15, 0.2) is 46.9 Å². The van der Waals surface area contributed by atoms with Crippen molar-refractivity contribution in [3.8, 4) is 28.7 Å². The van der Waals surface area contributed by atoms with Crippen LogP contribution in [0.1, 0.15) is 24.7 Å². The van der Waals surface area contributed by atoms with E-state index in [2.05, 4.69) is 15.5 Å². The van der Waals surface area contributed by atoms with Gasteiger partial charge in [0, 0.05) is 18.7 Å². The number of aromatic nitrogens is 2. The molecule has 1 N–H and O–H groups in total. The van der Waals surface area contributed by atoms with Crippen molar-refractivity contribution in [1.82, 2.24) is 15.1 Å². The Balaban J connectivity index is 1.28. The third-order valence-electron chi connectivity index (χ3n) is 5.47. The molecule has 0 unspecified atom stereocenters. The van der Waals surface area contributed by atoms with Crippen LogP contribution in [0.5, 0.6) is 17.2 Å². The summed E-state index contributed by atoms with van der Waals surface area (Å²) in [6, 6.07) is 12.7. The van der Waals surface area contributed by atoms with Gasteiger partial charge in [-0.1, -0.05) is 12.1 Å². The maximum Gasteiger partial charge on any atom is 0.321 e. The van der Waals surface area contributed by atoms with Gasteiger partial charge in [-0.3, -0.25) is 0 Å². The molecule has 1 saturated heterocycles. The molecule has 2 aromatic carbocycles. The summed E-state index contributed by atoms with van der Waals surface area (Å²) in [6.07, 6.45) is 1.73. The summed E-state index contributed by atoms with van der Waals surface area (Å²) in [4.78, 5) is 14.6. The van der Waals surface area contributed by atoms with Crippen LogP contribution in [-0.2, 0) is 0 Å². The molecular formula is C22H22N4O5. The average molecular weight is 422 g/mol. The number of piperidine rings is 1. The van der Waals surface area contributed by atoms with Crippen LogP contribution in [0.2, 0.25) is 0 Å². The second-order valence-electron chi connectivity index (χ2n) is 7.43. The van der Waals surface area contributed by atoms with Crippen molar-refractivity contribution >= 4 is 11.7 Å². The Hall–Kier alpha value is -3.75. The molecular weight excluding hydrogens is 400 g/mol. The number of nitrogens with one attached hydrogen (secondary N) is 1. The number of anilines is 1. The van der Waals surface area contributed by atoms with Gasteiger partial charge in [0.2, 0.25) is 18.6 Å². The number of hydrogen-bond donors (Lipinski definition) is 1. The molecule has 0 saturated carbocycles. The molecule has 9 nitrogen and oxygen atoms in total. The van der Waals surface area contributed by atoms with Crippen molar-refractivity contribution in [2.24, 2.45) is 0 Å². The van der Waals surface area contributed by atoms with E-state index in [4.69, 9.17) is 18.6 Å². The van der Waals surface area contributed by atoms with Gasteiger partial charge in [-0.25, -0.2) is 4.79 Å². The van der Waals surface area contributed by atoms with Gasteiger partial charge in [-0.05, 0) is 43.2 Å². The van der Waals surface area contributed by atoms with Crippen molar-refractivity contribution in [3.63, 3.8) is 0 Å². The topological polar surface area (TPSA) is 99.0 Å². The van der Waals surface area contributed by atoms with Gasteiger partial charge in [0.25, 0.3) is 0 Å². The van der Waals surface area contributed by atoms with Gasteiger partial charge in [-0.2, -0.15) is 0 Å². The first-order valence-corrected chi connectivity index (χ1v) is 10.1. The summed E-state index contributed by atoms with van der Waals surface area (Å²) >= 11 is 0. The number of amides is 2. The minimum atomic E-state index is -0.176. The fraction of sp³-hybridized carbons (Fsp3) is 0.318. The van der Waals surface area contributed by atoms with Gasteiger partial charge in [0.05, 0.1) is 18.7 Å². The van der Waals surface area contributed by atoms with Crippen LogP contribution in [0.3, 0.4) is 0 Å². The first kappa shape index (κ1) is 19.2. The summed E-state index contributed by atoms with van der Waals surface area (Å²) in [5, 5.41) is 11.4. The summed E-state index contributed by atoms with van der Waals surface area (Å²) in [7, 11) is 1.58. The van der Waals surface area contributed by atoms with Gasteiger partial charge in [-0.15, -0.1) is 10.2 Å². The maximum atomic E-state index is 12.8. The molecule has 9 heteroatoms. The minimum absolute atomic E-state index is 0.0209. The van der Waals surface area contributed by atoms with Crippen molar-refractivity contribution in [3.05, 3.63) is 48.4 Å². The Bertz CT molecular complexity index is 1100. The molecule has 31 heavy (non-hydrogen) atoms. The first-order chi connectivity index (χ1) is 15.2. The number of hydrogen-bond acceptors (Lipinski definition) is 7. The lowest BCUT2D eigenvalue weighted by molar-refractivity contribution is 0.174. The van der Waals surface area contributed by atoms with E-state index in [9.17, 15) is 4.79 Å². The monoisotopic (exact) mass is 422 g/mol. The average Bonchev–Trinajstić information content (AvgIpc) is 3.49. The summed E-state index contributed by atoms with van der Waals surface area (Å²) in [5.41, 5.74) is 1.41. The zero-order chi connectivity index (χ0) is 21.2. The molecule has 0 spiro atoms. The number of rotatable bonds is 4. The minimum Gasteiger partial charge on any atom is -0.495 e. The number of nitrogens with zero attached hydrogens (tertiary/aromatic N) is 3. The lowest BCUT2D eigenvalue weighted by atomic mass is 9.98. The molecule has 0 radical (unpaired) electrons. The Kier molecular flexibility index (Phi) is 5.07. The Labute approximate surface area is 178 Å². The quantitative estimate of drug-likeness (QED) is 0.681. The first-order valence-electron chi connectivity index (χ1n) is 10.1. The van der Waals surface area contributed by atoms with E-state index in [1.165, 1.54) is 0 Å². The molecule has 2 amide bonds. The van der Waals surface area contributed by atoms with E-state index in [0.29, 0.717) is 47.8 Å². The van der Waals surface area contributed by atoms with Gasteiger partial charge in [0.1, 0.15) is 5.75 Å². The van der Waals surface area contributed by atoms with Crippen LogP contribution < -0.4 is 19.5 Å². The fourth-order valence-electron chi connectivity index (χ4n) is 3.85. The number of carbonyl (C=O) groups is 1. The third kappa shape index (κ3) is 3.86. The van der Waals surface area contributed by atoms with E-state index in [-0.39, 0.29) is 18.7 Å². The molecule has 0 bridgehead atoms. The summed E-state index contributed by atoms with van der Waals surface area (Å²) in [6.45, 7) is 1.38. The van der Waals surface area contributed by atoms with Gasteiger partial charge in [0.15, 0.2) is 11.5 Å². The second-order valence-corrected chi connectivity index (χ2v) is 7.43. The molecule has 2 aliphatic heterocycles. The van der Waals surface area contributed by atoms with Gasteiger partial charge >= 0.3 is 6.03 Å². The molecule has 3 aromatic rings. The molecule has 1 aromatic heterocycles. The van der Waals surface area contributed by atoms with E-state index in [0.717, 1.165) is 18.4 Å². The lowest BCUT2D eigenvalue weighted by Crippen LogP contribution is -2.41. The number of methoxy groups -OCH3 is 1. The largest absolute Gasteiger partial charge is 0.495 e. The Morgan fingerprint density at radius 1 is 1.16 bits per heavy atom. The molecule has 5 rings (SSSR count). The highest BCUT2D eigenvalue weighted by molar-refractivity contribution is 5.91. The number of carbonyl (C=O) groups excluding carboxylic acids is 1. The Morgan fingerprint density at radius 3 is 2.94 bits per heavy atom. The van der Waals surface area contributed by atoms with Crippen LogP contribution >= 0.6 is 0 Å². The number of urea groups is 1. The van der Waals surface area contributed by atoms with Crippen LogP contribution in [0.4, 0.5) is 10.5 Å². The number of fused-ring (bicyclic) bond motifs is 1. The van der Waals surface area contributed by atoms with Crippen molar-refractivity contribution in [2.45, 2.75) is 18.8 Å². The number of para-hydroxylation sites is 2. The van der Waals surface area contributed by atoms with Crippen LogP contribution in [0, 0.1) is 0 Å². The SMILES string of the molecule is COc1ccccc1NC(=O)N1CCC[C@H](c2nnc(-c3ccc4c(c3)OCO4)o2)C1. The lowest BCUT2D eigenvalue weighted by Gasteiger charge is -2.31. The second kappa shape index (κ2) is 8.17. The van der Waals surface area contributed by atoms with Crippen molar-refractivity contribution < 1.29 is 23.4 Å². The van der Waals surface area contributed by atoms with E-state index in [1.54, 1.807) is 12.0 Å². The molecule has 0 aliphatic carbocycles. The molecule has 2 aliphatic rings. The standard InChI is InChI=1S/C22H22N4O5/c1-28-17-7-3-2-6-16(17)23-22(27)26-10-4-5-15(12-26)21-25-24-20(31-21)14-8-9-18-19(11-14)30-13-29-18/h2-3,6-9,11,15H,4-5,10,12-13H2,1H3,(H,23,27)/t15-/m0/s1. The summed E-state index contributed by atoms with van der Waals surface area (Å²) in [5.74, 6) is 2.91. The zero-order valence-electron chi connectivity index (χ0n) is 17.0. The highest BCUT2D eigenvalue weighted by Gasteiger charge is 2.29. The molecule has 3 heterocycles. The van der Waals surface area contributed by atoms with Crippen molar-refractivity contribution in [2.75, 3.05) is 32.3 Å². The normalized spacial score (nSPS) is 17.5. The molecule has 160 valence electrons. The highest BCUT2D eigenvalue weighted by Crippen LogP contribution is 2.36. The number of likely N-dealkylation sites (tertiary alicyclic amines) is 1. The fourth-order valence-corrected chi connectivity index (χ4v) is 3.85. The number of ether oxygens (including phenoxy) is 3. The summed E-state index contributed by atoms with van der Waals surface area (Å²) < 4.78 is 22.0. The van der Waals surface area contributed by atoms with Crippen LogP contribution in [-0.4, -0.2) is 48.1 Å². The maximum absolute atomic E-state index is 12.8. The predicted octanol–water partition coefficient (Wildman–Crippen LogP) is 3.89. The van der Waals surface area contributed by atoms with Crippen LogP contribution in [0.25, 0.3) is 11.5 Å². The highest BCUT2D eigenvalue weighted by atomic mass is 16.7. The molecule has 1 atom stereocenters. The Morgan fingerprint density at radius 2 is 2.03 bits per heavy atom. The van der Waals surface area contributed by atoms with Gasteiger partial charge < -0.3 is 28.8 Å². The van der Waals surface area contributed by atoms with Crippen molar-refractivity contribution in [1.29, 1.82) is 0 Å².